The normalized spacial score (nSPS) is 18.1. The Morgan fingerprint density at radius 3 is 2.20 bits per heavy atom. The minimum atomic E-state index is -0.344. The molecule has 116 valence electrons. The molecular formula is C15H29N3O2. The van der Waals surface area contributed by atoms with Gasteiger partial charge in [0.25, 0.3) is 0 Å². The van der Waals surface area contributed by atoms with Crippen molar-refractivity contribution in [3.63, 3.8) is 0 Å². The average molecular weight is 283 g/mol. The number of likely N-dealkylation sites (tertiary alicyclic amines) is 1. The number of nitrogens with zero attached hydrogens (tertiary/aromatic N) is 1. The van der Waals surface area contributed by atoms with Crippen molar-refractivity contribution < 1.29 is 9.59 Å². The predicted molar refractivity (Wildman–Crippen MR) is 80.3 cm³/mol. The molecule has 5 heteroatoms. The first kappa shape index (κ1) is 17.0. The topological polar surface area (TPSA) is 61.4 Å². The second-order valence-electron chi connectivity index (χ2n) is 6.12. The minimum absolute atomic E-state index is 0.0354. The van der Waals surface area contributed by atoms with E-state index >= 15 is 0 Å². The molecule has 2 atom stereocenters. The molecule has 5 nitrogen and oxygen atoms in total. The summed E-state index contributed by atoms with van der Waals surface area (Å²) in [6.07, 6.45) is 3.15. The third-order valence-corrected chi connectivity index (χ3v) is 3.70. The van der Waals surface area contributed by atoms with Crippen molar-refractivity contribution in [1.29, 1.82) is 0 Å². The van der Waals surface area contributed by atoms with Crippen molar-refractivity contribution >= 4 is 11.8 Å². The zero-order valence-corrected chi connectivity index (χ0v) is 13.2. The van der Waals surface area contributed by atoms with Crippen LogP contribution < -0.4 is 10.6 Å². The largest absolute Gasteiger partial charge is 0.355 e. The van der Waals surface area contributed by atoms with E-state index < -0.39 is 0 Å². The molecule has 0 aromatic rings. The van der Waals surface area contributed by atoms with Gasteiger partial charge in [-0.15, -0.1) is 0 Å². The molecule has 2 N–H and O–H groups in total. The van der Waals surface area contributed by atoms with Crippen LogP contribution in [0.25, 0.3) is 0 Å². The van der Waals surface area contributed by atoms with E-state index in [2.05, 4.69) is 24.5 Å². The van der Waals surface area contributed by atoms with E-state index in [1.165, 1.54) is 0 Å². The average Bonchev–Trinajstić information content (AvgIpc) is 2.90. The van der Waals surface area contributed by atoms with E-state index in [1.54, 1.807) is 6.92 Å². The Kier molecular flexibility index (Phi) is 6.99. The Labute approximate surface area is 122 Å². The molecule has 1 fully saturated rings. The second kappa shape index (κ2) is 8.25. The Bertz CT molecular complexity index is 325. The molecule has 1 rings (SSSR count). The van der Waals surface area contributed by atoms with Gasteiger partial charge in [-0.1, -0.05) is 13.8 Å². The van der Waals surface area contributed by atoms with Crippen LogP contribution in [-0.2, 0) is 9.59 Å². The van der Waals surface area contributed by atoms with Crippen LogP contribution in [0.2, 0.25) is 0 Å². The first-order valence-corrected chi connectivity index (χ1v) is 7.74. The highest BCUT2D eigenvalue weighted by atomic mass is 16.2. The summed E-state index contributed by atoms with van der Waals surface area (Å²) in [7, 11) is 0. The predicted octanol–water partition coefficient (Wildman–Crippen LogP) is 1.14. The van der Waals surface area contributed by atoms with Crippen molar-refractivity contribution in [3.8, 4) is 0 Å². The van der Waals surface area contributed by atoms with E-state index in [-0.39, 0.29) is 23.9 Å². The van der Waals surface area contributed by atoms with Gasteiger partial charge in [-0.05, 0) is 39.0 Å². The molecule has 0 spiro atoms. The van der Waals surface area contributed by atoms with Gasteiger partial charge in [0.2, 0.25) is 11.8 Å². The van der Waals surface area contributed by atoms with Gasteiger partial charge >= 0.3 is 0 Å². The third-order valence-electron chi connectivity index (χ3n) is 3.70. The molecule has 1 saturated heterocycles. The Balaban J connectivity index is 2.30. The molecule has 0 aliphatic carbocycles. The van der Waals surface area contributed by atoms with Crippen molar-refractivity contribution in [2.75, 3.05) is 19.6 Å². The molecule has 2 amide bonds. The van der Waals surface area contributed by atoms with Crippen LogP contribution in [-0.4, -0.2) is 48.4 Å². The number of amides is 2. The lowest BCUT2D eigenvalue weighted by atomic mass is 10.1. The van der Waals surface area contributed by atoms with Crippen LogP contribution in [0.4, 0.5) is 0 Å². The third kappa shape index (κ3) is 5.49. The van der Waals surface area contributed by atoms with Crippen LogP contribution in [0.3, 0.4) is 0 Å². The number of carbonyl (C=O) groups excluding carboxylic acids is 2. The molecule has 2 unspecified atom stereocenters. The van der Waals surface area contributed by atoms with Crippen LogP contribution in [0.15, 0.2) is 0 Å². The summed E-state index contributed by atoms with van der Waals surface area (Å²) in [4.78, 5) is 25.9. The Morgan fingerprint density at radius 1 is 1.05 bits per heavy atom. The van der Waals surface area contributed by atoms with Gasteiger partial charge in [-0.25, -0.2) is 0 Å². The van der Waals surface area contributed by atoms with E-state index in [0.29, 0.717) is 12.5 Å². The summed E-state index contributed by atoms with van der Waals surface area (Å²) in [6.45, 7) is 10.3. The molecule has 0 aromatic heterocycles. The summed E-state index contributed by atoms with van der Waals surface area (Å²) in [5, 5.41) is 5.99. The highest BCUT2D eigenvalue weighted by Gasteiger charge is 2.25. The van der Waals surface area contributed by atoms with Crippen molar-refractivity contribution in [2.45, 2.75) is 59.0 Å². The standard InChI is InChI=1S/C15H29N3O2/c1-11(2)7-8-16-14(19)12(3)17-13(4)15(20)18-9-5-6-10-18/h11-13,17H,5-10H2,1-4H3,(H,16,19). The first-order chi connectivity index (χ1) is 9.41. The maximum Gasteiger partial charge on any atom is 0.239 e. The molecule has 0 bridgehead atoms. The molecule has 20 heavy (non-hydrogen) atoms. The van der Waals surface area contributed by atoms with Crippen molar-refractivity contribution in [2.24, 2.45) is 5.92 Å². The summed E-state index contributed by atoms with van der Waals surface area (Å²) < 4.78 is 0. The van der Waals surface area contributed by atoms with Crippen molar-refractivity contribution in [1.82, 2.24) is 15.5 Å². The van der Waals surface area contributed by atoms with E-state index in [4.69, 9.17) is 0 Å². The van der Waals surface area contributed by atoms with Gasteiger partial charge in [-0.2, -0.15) is 0 Å². The van der Waals surface area contributed by atoms with Gasteiger partial charge in [0.05, 0.1) is 12.1 Å². The fourth-order valence-electron chi connectivity index (χ4n) is 2.37. The first-order valence-electron chi connectivity index (χ1n) is 7.74. The fraction of sp³-hybridized carbons (Fsp3) is 0.867. The lowest BCUT2D eigenvalue weighted by Crippen LogP contribution is -2.51. The summed E-state index contributed by atoms with van der Waals surface area (Å²) in [5.41, 5.74) is 0. The zero-order chi connectivity index (χ0) is 15.1. The van der Waals surface area contributed by atoms with Crippen molar-refractivity contribution in [3.05, 3.63) is 0 Å². The zero-order valence-electron chi connectivity index (χ0n) is 13.2. The maximum absolute atomic E-state index is 12.1. The van der Waals surface area contributed by atoms with E-state index in [9.17, 15) is 9.59 Å². The van der Waals surface area contributed by atoms with Gasteiger partial charge in [0.15, 0.2) is 0 Å². The lowest BCUT2D eigenvalue weighted by Gasteiger charge is -2.24. The van der Waals surface area contributed by atoms with Crippen LogP contribution >= 0.6 is 0 Å². The van der Waals surface area contributed by atoms with E-state index in [0.717, 1.165) is 32.4 Å². The number of carbonyl (C=O) groups is 2. The molecule has 1 aliphatic rings. The van der Waals surface area contributed by atoms with Crippen LogP contribution in [0.5, 0.6) is 0 Å². The lowest BCUT2D eigenvalue weighted by molar-refractivity contribution is -0.132. The fourth-order valence-corrected chi connectivity index (χ4v) is 2.37. The molecule has 0 aromatic carbocycles. The highest BCUT2D eigenvalue weighted by molar-refractivity contribution is 5.85. The van der Waals surface area contributed by atoms with Gasteiger partial charge < -0.3 is 10.2 Å². The number of hydrogen-bond acceptors (Lipinski definition) is 3. The summed E-state index contributed by atoms with van der Waals surface area (Å²) in [5.74, 6) is 0.644. The number of rotatable bonds is 7. The van der Waals surface area contributed by atoms with Gasteiger partial charge in [0.1, 0.15) is 0 Å². The maximum atomic E-state index is 12.1. The molecule has 0 radical (unpaired) electrons. The quantitative estimate of drug-likeness (QED) is 0.736. The molecule has 1 aliphatic heterocycles. The van der Waals surface area contributed by atoms with Gasteiger partial charge in [0, 0.05) is 19.6 Å². The van der Waals surface area contributed by atoms with Gasteiger partial charge in [-0.3, -0.25) is 14.9 Å². The Morgan fingerprint density at radius 2 is 1.65 bits per heavy atom. The SMILES string of the molecule is CC(C)CCNC(=O)C(C)NC(C)C(=O)N1CCCC1. The van der Waals surface area contributed by atoms with Crippen LogP contribution in [0, 0.1) is 5.92 Å². The van der Waals surface area contributed by atoms with E-state index in [1.807, 2.05) is 11.8 Å². The molecular weight excluding hydrogens is 254 g/mol. The molecule has 1 heterocycles. The number of hydrogen-bond donors (Lipinski definition) is 2. The minimum Gasteiger partial charge on any atom is -0.355 e. The molecule has 0 saturated carbocycles. The smallest absolute Gasteiger partial charge is 0.239 e. The summed E-state index contributed by atoms with van der Waals surface area (Å²) in [6, 6.07) is -0.650. The highest BCUT2D eigenvalue weighted by Crippen LogP contribution is 2.09. The van der Waals surface area contributed by atoms with Crippen LogP contribution in [0.1, 0.15) is 47.0 Å². The number of nitrogens with one attached hydrogen (secondary N) is 2. The second-order valence-corrected chi connectivity index (χ2v) is 6.12. The summed E-state index contributed by atoms with van der Waals surface area (Å²) >= 11 is 0. The Hall–Kier alpha value is -1.10. The monoisotopic (exact) mass is 283 g/mol.